The van der Waals surface area contributed by atoms with Crippen LogP contribution in [-0.2, 0) is 17.8 Å². The molecule has 1 fully saturated rings. The van der Waals surface area contributed by atoms with Gasteiger partial charge in [0.25, 0.3) is 5.91 Å². The van der Waals surface area contributed by atoms with Gasteiger partial charge < -0.3 is 9.32 Å². The van der Waals surface area contributed by atoms with Crippen molar-refractivity contribution in [3.63, 3.8) is 0 Å². The number of hydrogen-bond acceptors (Lipinski definition) is 6. The van der Waals surface area contributed by atoms with Gasteiger partial charge in [-0.25, -0.2) is 4.98 Å². The Bertz CT molecular complexity index is 1020. The van der Waals surface area contributed by atoms with E-state index in [2.05, 4.69) is 15.2 Å². The molecule has 7 nitrogen and oxygen atoms in total. The predicted octanol–water partition coefficient (Wildman–Crippen LogP) is 3.92. The van der Waals surface area contributed by atoms with Crippen LogP contribution in [0.2, 0.25) is 5.02 Å². The molecule has 0 radical (unpaired) electrons. The Morgan fingerprint density at radius 3 is 2.74 bits per heavy atom. The molecule has 0 bridgehead atoms. The molecule has 4 rings (SSSR count). The average molecular weight is 459 g/mol. The summed E-state index contributed by atoms with van der Waals surface area (Å²) in [6, 6.07) is 11.1. The molecule has 1 aliphatic rings. The molecular formula is C22H23ClN4O3S. The van der Waals surface area contributed by atoms with Gasteiger partial charge in [0.05, 0.1) is 18.4 Å². The van der Waals surface area contributed by atoms with Gasteiger partial charge in [-0.3, -0.25) is 19.8 Å². The first-order valence-corrected chi connectivity index (χ1v) is 11.4. The van der Waals surface area contributed by atoms with Crippen LogP contribution in [0.15, 0.2) is 52.5 Å². The molecule has 1 aliphatic heterocycles. The fourth-order valence-corrected chi connectivity index (χ4v) is 4.34. The summed E-state index contributed by atoms with van der Waals surface area (Å²) in [5.41, 5.74) is 1.88. The fraction of sp³-hybridized carbons (Fsp3) is 0.318. The molecule has 2 amide bonds. The highest BCUT2D eigenvalue weighted by molar-refractivity contribution is 7.14. The number of amides is 2. The standard InChI is InChI=1S/C22H23ClN4O3S/c23-17-6-4-16(5-7-17)14-26-8-2-9-27(11-10-26)20(28)13-18-15-31-22(24-18)25-21(29)19-3-1-12-30-19/h1,3-7,12,15H,2,8-11,13-14H2,(H,24,25,29). The van der Waals surface area contributed by atoms with Crippen LogP contribution in [0, 0.1) is 0 Å². The number of halogens is 1. The summed E-state index contributed by atoms with van der Waals surface area (Å²) in [6.45, 7) is 4.06. The summed E-state index contributed by atoms with van der Waals surface area (Å²) in [6.07, 6.45) is 2.60. The van der Waals surface area contributed by atoms with Gasteiger partial charge in [0.1, 0.15) is 0 Å². The maximum atomic E-state index is 12.8. The molecule has 1 saturated heterocycles. The van der Waals surface area contributed by atoms with Crippen LogP contribution in [0.1, 0.15) is 28.2 Å². The normalized spacial score (nSPS) is 14.9. The zero-order valence-corrected chi connectivity index (χ0v) is 18.5. The molecule has 2 aromatic heterocycles. The smallest absolute Gasteiger partial charge is 0.293 e. The Hall–Kier alpha value is -2.68. The molecule has 0 atom stereocenters. The minimum absolute atomic E-state index is 0.0579. The van der Waals surface area contributed by atoms with E-state index in [1.54, 1.807) is 17.5 Å². The summed E-state index contributed by atoms with van der Waals surface area (Å²) >= 11 is 7.26. The molecule has 0 aliphatic carbocycles. The minimum atomic E-state index is -0.356. The summed E-state index contributed by atoms with van der Waals surface area (Å²) < 4.78 is 5.08. The number of aromatic nitrogens is 1. The van der Waals surface area contributed by atoms with Crippen LogP contribution >= 0.6 is 22.9 Å². The SMILES string of the molecule is O=C(Nc1nc(CC(=O)N2CCCN(Cc3ccc(Cl)cc3)CC2)cs1)c1ccco1. The minimum Gasteiger partial charge on any atom is -0.459 e. The third kappa shape index (κ3) is 5.94. The lowest BCUT2D eigenvalue weighted by molar-refractivity contribution is -0.130. The lowest BCUT2D eigenvalue weighted by atomic mass is 10.2. The number of benzene rings is 1. The number of hydrogen-bond donors (Lipinski definition) is 1. The molecule has 0 unspecified atom stereocenters. The fourth-order valence-electron chi connectivity index (χ4n) is 3.51. The maximum absolute atomic E-state index is 12.8. The van der Waals surface area contributed by atoms with Gasteiger partial charge in [-0.2, -0.15) is 0 Å². The number of anilines is 1. The Morgan fingerprint density at radius 1 is 1.13 bits per heavy atom. The van der Waals surface area contributed by atoms with Crippen LogP contribution in [0.4, 0.5) is 5.13 Å². The highest BCUT2D eigenvalue weighted by atomic mass is 35.5. The topological polar surface area (TPSA) is 78.7 Å². The van der Waals surface area contributed by atoms with E-state index in [4.69, 9.17) is 16.0 Å². The lowest BCUT2D eigenvalue weighted by Crippen LogP contribution is -2.36. The average Bonchev–Trinajstić information content (AvgIpc) is 3.39. The van der Waals surface area contributed by atoms with Gasteiger partial charge in [0, 0.05) is 43.1 Å². The maximum Gasteiger partial charge on any atom is 0.293 e. The predicted molar refractivity (Wildman–Crippen MR) is 120 cm³/mol. The van der Waals surface area contributed by atoms with Crippen molar-refractivity contribution in [3.05, 3.63) is 70.1 Å². The monoisotopic (exact) mass is 458 g/mol. The summed E-state index contributed by atoms with van der Waals surface area (Å²) in [7, 11) is 0. The molecule has 0 spiro atoms. The molecule has 9 heteroatoms. The number of carbonyl (C=O) groups is 2. The quantitative estimate of drug-likeness (QED) is 0.605. The Morgan fingerprint density at radius 2 is 1.97 bits per heavy atom. The van der Waals surface area contributed by atoms with Crippen molar-refractivity contribution in [2.75, 3.05) is 31.5 Å². The molecule has 1 aromatic carbocycles. The number of thiazole rings is 1. The first-order valence-electron chi connectivity index (χ1n) is 10.1. The first-order chi connectivity index (χ1) is 15.1. The third-order valence-electron chi connectivity index (χ3n) is 5.11. The van der Waals surface area contributed by atoms with Crippen LogP contribution in [0.3, 0.4) is 0 Å². The highest BCUT2D eigenvalue weighted by Crippen LogP contribution is 2.18. The van der Waals surface area contributed by atoms with Crippen molar-refractivity contribution >= 4 is 39.9 Å². The zero-order chi connectivity index (χ0) is 21.6. The van der Waals surface area contributed by atoms with E-state index in [9.17, 15) is 9.59 Å². The van der Waals surface area contributed by atoms with E-state index in [-0.39, 0.29) is 24.0 Å². The summed E-state index contributed by atoms with van der Waals surface area (Å²) in [5, 5.41) is 5.69. The van der Waals surface area contributed by atoms with Crippen LogP contribution < -0.4 is 5.32 Å². The molecule has 3 aromatic rings. The molecule has 3 heterocycles. The second-order valence-corrected chi connectivity index (χ2v) is 8.68. The van der Waals surface area contributed by atoms with E-state index in [1.807, 2.05) is 29.2 Å². The van der Waals surface area contributed by atoms with Gasteiger partial charge in [0.15, 0.2) is 10.9 Å². The summed E-state index contributed by atoms with van der Waals surface area (Å²) in [5.74, 6) is -0.0753. The largest absolute Gasteiger partial charge is 0.459 e. The van der Waals surface area contributed by atoms with Crippen LogP contribution in [0.5, 0.6) is 0 Å². The zero-order valence-electron chi connectivity index (χ0n) is 16.9. The van der Waals surface area contributed by atoms with Gasteiger partial charge in [-0.05, 0) is 36.2 Å². The van der Waals surface area contributed by atoms with Crippen molar-refractivity contribution in [3.8, 4) is 0 Å². The van der Waals surface area contributed by atoms with E-state index in [0.717, 1.165) is 37.6 Å². The van der Waals surface area contributed by atoms with Gasteiger partial charge in [0.2, 0.25) is 5.91 Å². The molecule has 162 valence electrons. The number of furan rings is 1. The number of carbonyl (C=O) groups excluding carboxylic acids is 2. The van der Waals surface area contributed by atoms with E-state index >= 15 is 0 Å². The third-order valence-corrected chi connectivity index (χ3v) is 6.17. The second-order valence-electron chi connectivity index (χ2n) is 7.39. The van der Waals surface area contributed by atoms with Crippen molar-refractivity contribution in [1.29, 1.82) is 0 Å². The van der Waals surface area contributed by atoms with E-state index < -0.39 is 0 Å². The first kappa shape index (κ1) is 21.5. The molecule has 31 heavy (non-hydrogen) atoms. The van der Waals surface area contributed by atoms with Crippen molar-refractivity contribution < 1.29 is 14.0 Å². The number of nitrogens with zero attached hydrogens (tertiary/aromatic N) is 3. The van der Waals surface area contributed by atoms with Crippen molar-refractivity contribution in [2.45, 2.75) is 19.4 Å². The van der Waals surface area contributed by atoms with E-state index in [1.165, 1.54) is 23.2 Å². The van der Waals surface area contributed by atoms with Crippen molar-refractivity contribution in [2.24, 2.45) is 0 Å². The van der Waals surface area contributed by atoms with Crippen LogP contribution in [-0.4, -0.2) is 52.8 Å². The Labute approximate surface area is 189 Å². The molecule has 0 saturated carbocycles. The molecule has 1 N–H and O–H groups in total. The highest BCUT2D eigenvalue weighted by Gasteiger charge is 2.20. The Balaban J connectivity index is 1.27. The van der Waals surface area contributed by atoms with Gasteiger partial charge >= 0.3 is 0 Å². The van der Waals surface area contributed by atoms with Crippen LogP contribution in [0.25, 0.3) is 0 Å². The van der Waals surface area contributed by atoms with Gasteiger partial charge in [-0.1, -0.05) is 23.7 Å². The number of nitrogens with one attached hydrogen (secondary N) is 1. The van der Waals surface area contributed by atoms with E-state index in [0.29, 0.717) is 17.4 Å². The second kappa shape index (κ2) is 10.1. The molecular weight excluding hydrogens is 436 g/mol. The Kier molecular flexibility index (Phi) is 7.01. The van der Waals surface area contributed by atoms with Crippen molar-refractivity contribution in [1.82, 2.24) is 14.8 Å². The lowest BCUT2D eigenvalue weighted by Gasteiger charge is -2.22. The summed E-state index contributed by atoms with van der Waals surface area (Å²) in [4.78, 5) is 33.5. The number of rotatable bonds is 6. The van der Waals surface area contributed by atoms with Gasteiger partial charge in [-0.15, -0.1) is 11.3 Å².